The van der Waals surface area contributed by atoms with Gasteiger partial charge in [0.2, 0.25) is 0 Å². The summed E-state index contributed by atoms with van der Waals surface area (Å²) in [5.41, 5.74) is 1.43. The molecule has 2 nitrogen and oxygen atoms in total. The van der Waals surface area contributed by atoms with Gasteiger partial charge in [0.05, 0.1) is 5.56 Å². The first-order valence-corrected chi connectivity index (χ1v) is 3.56. The van der Waals surface area contributed by atoms with Crippen LogP contribution in [0.15, 0.2) is 24.3 Å². The molecule has 1 aromatic rings. The first-order valence-electron chi connectivity index (χ1n) is 3.56. The molecule has 1 rings (SSSR count). The Bertz CT molecular complexity index is 293. The summed E-state index contributed by atoms with van der Waals surface area (Å²) in [4.78, 5) is 10.5. The largest absolute Gasteiger partial charge is 1.00 e. The van der Waals surface area contributed by atoms with E-state index < -0.39 is 5.97 Å². The standard InChI is InChI=1S/C9H10O2.4Na.4H/c1-2-7-4-3-5-8(6-7)9(10)11;;;;;;;;/h3-6H,2H2,1H3,(H,10,11);;;;;;;;/q;4*+1;4*-1. The number of hydrogen-bond acceptors (Lipinski definition) is 1. The van der Waals surface area contributed by atoms with E-state index in [0.717, 1.165) is 12.0 Å². The molecule has 0 unspecified atom stereocenters. The third kappa shape index (κ3) is 10.3. The van der Waals surface area contributed by atoms with Gasteiger partial charge in [0.1, 0.15) is 0 Å². The Balaban J connectivity index is -0.0000000252. The van der Waals surface area contributed by atoms with Crippen LogP contribution in [0.4, 0.5) is 0 Å². The Labute approximate surface area is 185 Å². The van der Waals surface area contributed by atoms with Crippen molar-refractivity contribution in [1.29, 1.82) is 0 Å². The van der Waals surface area contributed by atoms with Gasteiger partial charge in [0.25, 0.3) is 0 Å². The molecule has 0 saturated carbocycles. The van der Waals surface area contributed by atoms with Crippen LogP contribution >= 0.6 is 0 Å². The van der Waals surface area contributed by atoms with Gasteiger partial charge in [-0.25, -0.2) is 4.79 Å². The Morgan fingerprint density at radius 3 is 2.20 bits per heavy atom. The van der Waals surface area contributed by atoms with Crippen molar-refractivity contribution in [1.82, 2.24) is 0 Å². The number of benzene rings is 1. The first kappa shape index (κ1) is 26.3. The van der Waals surface area contributed by atoms with E-state index in [2.05, 4.69) is 0 Å². The molecule has 6 heteroatoms. The molecule has 66 valence electrons. The van der Waals surface area contributed by atoms with E-state index >= 15 is 0 Å². The smallest absolute Gasteiger partial charge is 1.00 e. The van der Waals surface area contributed by atoms with Gasteiger partial charge in [-0.3, -0.25) is 0 Å². The Hall–Kier alpha value is 2.69. The van der Waals surface area contributed by atoms with Crippen molar-refractivity contribution in [2.24, 2.45) is 0 Å². The van der Waals surface area contributed by atoms with Crippen LogP contribution < -0.4 is 118 Å². The van der Waals surface area contributed by atoms with E-state index in [-0.39, 0.29) is 124 Å². The molecular weight excluding hydrogens is 232 g/mol. The number of aryl methyl sites for hydroxylation is 1. The summed E-state index contributed by atoms with van der Waals surface area (Å²) >= 11 is 0. The fourth-order valence-corrected chi connectivity index (χ4v) is 0.924. The SMILES string of the molecule is CCc1cccc(C(=O)O)c1.[H-].[H-].[H-].[H-].[Na+].[Na+].[Na+].[Na+]. The van der Waals surface area contributed by atoms with Gasteiger partial charge in [0, 0.05) is 0 Å². The van der Waals surface area contributed by atoms with Crippen molar-refractivity contribution >= 4 is 5.97 Å². The molecule has 0 saturated heterocycles. The molecule has 0 aliphatic heterocycles. The molecule has 1 N–H and O–H groups in total. The summed E-state index contributed by atoms with van der Waals surface area (Å²) in [6.07, 6.45) is 0.876. The second kappa shape index (κ2) is 14.7. The minimum Gasteiger partial charge on any atom is -1.00 e. The molecule has 0 aliphatic rings. The normalized spacial score (nSPS) is 7.00. The average Bonchev–Trinajstić information content (AvgIpc) is 2.05. The quantitative estimate of drug-likeness (QED) is 0.526. The zero-order valence-electron chi connectivity index (χ0n) is 14.4. The van der Waals surface area contributed by atoms with Gasteiger partial charge in [-0.2, -0.15) is 0 Å². The van der Waals surface area contributed by atoms with Crippen molar-refractivity contribution in [2.75, 3.05) is 0 Å². The maximum atomic E-state index is 10.5. The second-order valence-electron chi connectivity index (χ2n) is 2.36. The van der Waals surface area contributed by atoms with Crippen molar-refractivity contribution in [3.05, 3.63) is 35.4 Å². The van der Waals surface area contributed by atoms with Crippen LogP contribution in [0.25, 0.3) is 0 Å². The zero-order valence-corrected chi connectivity index (χ0v) is 18.4. The molecule has 0 aromatic heterocycles. The zero-order chi connectivity index (χ0) is 8.27. The monoisotopic (exact) mass is 246 g/mol. The summed E-state index contributed by atoms with van der Waals surface area (Å²) in [5, 5.41) is 8.60. The Morgan fingerprint density at radius 2 is 1.80 bits per heavy atom. The number of carboxylic acid groups (broad SMARTS) is 1. The Morgan fingerprint density at radius 1 is 1.27 bits per heavy atom. The van der Waals surface area contributed by atoms with Crippen molar-refractivity contribution < 1.29 is 134 Å². The van der Waals surface area contributed by atoms with Crippen LogP contribution in [0, 0.1) is 0 Å². The van der Waals surface area contributed by atoms with Crippen LogP contribution in [0.2, 0.25) is 0 Å². The van der Waals surface area contributed by atoms with E-state index in [1.54, 1.807) is 18.2 Å². The number of aromatic carboxylic acids is 1. The van der Waals surface area contributed by atoms with E-state index in [0.29, 0.717) is 5.56 Å². The minimum atomic E-state index is -0.861. The number of carbonyl (C=O) groups is 1. The predicted octanol–water partition coefficient (Wildman–Crippen LogP) is -9.59. The summed E-state index contributed by atoms with van der Waals surface area (Å²) in [7, 11) is 0. The first-order chi connectivity index (χ1) is 5.24. The van der Waals surface area contributed by atoms with Crippen LogP contribution in [-0.2, 0) is 6.42 Å². The van der Waals surface area contributed by atoms with Crippen molar-refractivity contribution in [3.8, 4) is 0 Å². The van der Waals surface area contributed by atoms with Crippen LogP contribution in [0.5, 0.6) is 0 Å². The number of hydrogen-bond donors (Lipinski definition) is 1. The molecule has 0 atom stereocenters. The van der Waals surface area contributed by atoms with Crippen LogP contribution in [0.1, 0.15) is 28.6 Å². The van der Waals surface area contributed by atoms with Crippen molar-refractivity contribution in [3.63, 3.8) is 0 Å². The fraction of sp³-hybridized carbons (Fsp3) is 0.222. The number of carboxylic acids is 1. The molecule has 0 radical (unpaired) electrons. The third-order valence-electron chi connectivity index (χ3n) is 1.58. The molecule has 0 fully saturated rings. The predicted molar refractivity (Wildman–Crippen MR) is 47.2 cm³/mol. The van der Waals surface area contributed by atoms with Gasteiger partial charge in [-0.15, -0.1) is 0 Å². The van der Waals surface area contributed by atoms with E-state index in [4.69, 9.17) is 5.11 Å². The van der Waals surface area contributed by atoms with Crippen molar-refractivity contribution in [2.45, 2.75) is 13.3 Å². The molecular formula is C9H14Na4O2. The average molecular weight is 246 g/mol. The maximum Gasteiger partial charge on any atom is 1.00 e. The second-order valence-corrected chi connectivity index (χ2v) is 2.36. The van der Waals surface area contributed by atoms with Gasteiger partial charge in [0.15, 0.2) is 0 Å². The minimum absolute atomic E-state index is 0. The molecule has 15 heavy (non-hydrogen) atoms. The maximum absolute atomic E-state index is 10.5. The van der Waals surface area contributed by atoms with E-state index in [1.165, 1.54) is 0 Å². The van der Waals surface area contributed by atoms with Gasteiger partial charge < -0.3 is 10.8 Å². The van der Waals surface area contributed by atoms with E-state index in [9.17, 15) is 4.79 Å². The van der Waals surface area contributed by atoms with Crippen LogP contribution in [-0.4, -0.2) is 11.1 Å². The Kier molecular flexibility index (Phi) is 25.9. The van der Waals surface area contributed by atoms with Gasteiger partial charge >= 0.3 is 124 Å². The topological polar surface area (TPSA) is 37.3 Å². The number of rotatable bonds is 2. The van der Waals surface area contributed by atoms with E-state index in [1.807, 2.05) is 13.0 Å². The molecule has 0 heterocycles. The third-order valence-corrected chi connectivity index (χ3v) is 1.58. The summed E-state index contributed by atoms with van der Waals surface area (Å²) in [5.74, 6) is -0.861. The molecule has 1 aromatic carbocycles. The van der Waals surface area contributed by atoms with Crippen LogP contribution in [0.3, 0.4) is 0 Å². The summed E-state index contributed by atoms with van der Waals surface area (Å²) in [6.45, 7) is 2.00. The molecule has 0 spiro atoms. The molecule has 0 aliphatic carbocycles. The summed E-state index contributed by atoms with van der Waals surface area (Å²) in [6, 6.07) is 6.98. The summed E-state index contributed by atoms with van der Waals surface area (Å²) < 4.78 is 0. The van der Waals surface area contributed by atoms with Gasteiger partial charge in [-0.05, 0) is 24.1 Å². The fourth-order valence-electron chi connectivity index (χ4n) is 0.924. The van der Waals surface area contributed by atoms with Gasteiger partial charge in [-0.1, -0.05) is 19.1 Å². The molecule has 0 amide bonds. The molecule has 0 bridgehead atoms.